The van der Waals surface area contributed by atoms with Crippen molar-refractivity contribution >= 4 is 16.7 Å². The normalized spacial score (nSPS) is 19.7. The molecular weight excluding hydrogens is 409 g/mol. The van der Waals surface area contributed by atoms with Gasteiger partial charge in [0.1, 0.15) is 5.82 Å². The number of hydrogen-bond donors (Lipinski definition) is 1. The van der Waals surface area contributed by atoms with Crippen molar-refractivity contribution in [3.63, 3.8) is 0 Å². The molecule has 8 nitrogen and oxygen atoms in total. The molecular formula is C23H30FN7O. The summed E-state index contributed by atoms with van der Waals surface area (Å²) >= 11 is 0. The van der Waals surface area contributed by atoms with Gasteiger partial charge in [-0.05, 0) is 57.3 Å². The molecule has 1 unspecified atom stereocenters. The first-order valence-corrected chi connectivity index (χ1v) is 11.5. The van der Waals surface area contributed by atoms with Crippen LogP contribution in [0.15, 0.2) is 30.6 Å². The SMILES string of the molecule is NC1CCCN(c2nc(-n3cccn3)nc3cc(OCCCN4CCCC4)c(F)cc23)C1. The lowest BCUT2D eigenvalue weighted by Gasteiger charge is -2.32. The first-order chi connectivity index (χ1) is 15.7. The maximum absolute atomic E-state index is 15.0. The minimum Gasteiger partial charge on any atom is -0.490 e. The number of aromatic nitrogens is 4. The quantitative estimate of drug-likeness (QED) is 0.567. The molecule has 0 saturated carbocycles. The van der Waals surface area contributed by atoms with Crippen LogP contribution in [0.4, 0.5) is 10.2 Å². The van der Waals surface area contributed by atoms with Crippen LogP contribution in [0.3, 0.4) is 0 Å². The standard InChI is InChI=1S/C23H30FN7O/c24-19-14-18-20(15-21(19)32-13-5-10-29-8-1-2-9-29)27-23(31-12-4-7-26-31)28-22(18)30-11-3-6-17(25)16-30/h4,7,12,14-15,17H,1-3,5-6,8-11,13,16,25H2. The van der Waals surface area contributed by atoms with Gasteiger partial charge < -0.3 is 20.3 Å². The highest BCUT2D eigenvalue weighted by molar-refractivity contribution is 5.91. The summed E-state index contributed by atoms with van der Waals surface area (Å²) in [6.07, 6.45) is 8.84. The molecule has 0 spiro atoms. The largest absolute Gasteiger partial charge is 0.490 e. The monoisotopic (exact) mass is 439 g/mol. The highest BCUT2D eigenvalue weighted by Crippen LogP contribution is 2.31. The van der Waals surface area contributed by atoms with Gasteiger partial charge in [0.2, 0.25) is 0 Å². The maximum Gasteiger partial charge on any atom is 0.253 e. The molecule has 1 aromatic carbocycles. The van der Waals surface area contributed by atoms with Crippen molar-refractivity contribution in [3.8, 4) is 11.7 Å². The summed E-state index contributed by atoms with van der Waals surface area (Å²) in [4.78, 5) is 14.0. The van der Waals surface area contributed by atoms with Crippen molar-refractivity contribution in [1.29, 1.82) is 0 Å². The van der Waals surface area contributed by atoms with Crippen molar-refractivity contribution < 1.29 is 9.13 Å². The van der Waals surface area contributed by atoms with Crippen molar-refractivity contribution in [3.05, 3.63) is 36.4 Å². The van der Waals surface area contributed by atoms with Crippen molar-refractivity contribution in [2.75, 3.05) is 44.2 Å². The second-order valence-electron chi connectivity index (χ2n) is 8.70. The molecule has 32 heavy (non-hydrogen) atoms. The minimum atomic E-state index is -0.392. The molecule has 2 aliphatic heterocycles. The number of piperidine rings is 1. The molecule has 2 N–H and O–H groups in total. The van der Waals surface area contributed by atoms with Crippen LogP contribution in [0, 0.1) is 5.82 Å². The Hall–Kier alpha value is -2.78. The van der Waals surface area contributed by atoms with Crippen molar-refractivity contribution in [2.45, 2.75) is 38.1 Å². The molecule has 2 saturated heterocycles. The first-order valence-electron chi connectivity index (χ1n) is 11.5. The summed E-state index contributed by atoms with van der Waals surface area (Å²) in [7, 11) is 0. The number of nitrogens with two attached hydrogens (primary N) is 1. The van der Waals surface area contributed by atoms with Crippen LogP contribution in [0.2, 0.25) is 0 Å². The lowest BCUT2D eigenvalue weighted by molar-refractivity contribution is 0.256. The maximum atomic E-state index is 15.0. The molecule has 3 aromatic rings. The Kier molecular flexibility index (Phi) is 6.18. The molecule has 0 aliphatic carbocycles. The van der Waals surface area contributed by atoms with E-state index in [0.717, 1.165) is 45.4 Å². The van der Waals surface area contributed by atoms with Gasteiger partial charge in [0.25, 0.3) is 5.95 Å². The summed E-state index contributed by atoms with van der Waals surface area (Å²) in [6, 6.07) is 5.07. The lowest BCUT2D eigenvalue weighted by atomic mass is 10.1. The fraction of sp³-hybridized carbons (Fsp3) is 0.522. The van der Waals surface area contributed by atoms with E-state index >= 15 is 0 Å². The summed E-state index contributed by atoms with van der Waals surface area (Å²) in [6.45, 7) is 5.28. The first kappa shape index (κ1) is 21.1. The Morgan fingerprint density at radius 2 is 2.00 bits per heavy atom. The smallest absolute Gasteiger partial charge is 0.253 e. The Labute approximate surface area is 187 Å². The van der Waals surface area contributed by atoms with Gasteiger partial charge in [-0.1, -0.05) is 0 Å². The molecule has 0 radical (unpaired) electrons. The zero-order valence-electron chi connectivity index (χ0n) is 18.3. The molecule has 2 aliphatic rings. The van der Waals surface area contributed by atoms with Gasteiger partial charge in [-0.3, -0.25) is 0 Å². The average Bonchev–Trinajstić information content (AvgIpc) is 3.51. The Morgan fingerprint density at radius 1 is 1.12 bits per heavy atom. The number of anilines is 1. The molecule has 0 bridgehead atoms. The van der Waals surface area contributed by atoms with Crippen LogP contribution >= 0.6 is 0 Å². The molecule has 5 rings (SSSR count). The van der Waals surface area contributed by atoms with Gasteiger partial charge in [-0.25, -0.2) is 14.1 Å². The Morgan fingerprint density at radius 3 is 2.78 bits per heavy atom. The topological polar surface area (TPSA) is 85.3 Å². The van der Waals surface area contributed by atoms with Gasteiger partial charge in [-0.15, -0.1) is 0 Å². The van der Waals surface area contributed by atoms with Gasteiger partial charge >= 0.3 is 0 Å². The molecule has 2 fully saturated rings. The molecule has 0 amide bonds. The lowest BCUT2D eigenvalue weighted by Crippen LogP contribution is -2.43. The van der Waals surface area contributed by atoms with Crippen molar-refractivity contribution in [1.82, 2.24) is 24.6 Å². The number of benzene rings is 1. The van der Waals surface area contributed by atoms with E-state index in [9.17, 15) is 4.39 Å². The van der Waals surface area contributed by atoms with E-state index in [2.05, 4.69) is 19.9 Å². The third-order valence-corrected chi connectivity index (χ3v) is 6.26. The molecule has 4 heterocycles. The third-order valence-electron chi connectivity index (χ3n) is 6.26. The minimum absolute atomic E-state index is 0.0741. The summed E-state index contributed by atoms with van der Waals surface area (Å²) < 4.78 is 22.4. The zero-order chi connectivity index (χ0) is 21.9. The van der Waals surface area contributed by atoms with Crippen LogP contribution in [-0.4, -0.2) is 70.0 Å². The van der Waals surface area contributed by atoms with Crippen LogP contribution in [0.5, 0.6) is 5.75 Å². The summed E-state index contributed by atoms with van der Waals surface area (Å²) in [5.41, 5.74) is 6.84. The van der Waals surface area contributed by atoms with Gasteiger partial charge in [-0.2, -0.15) is 10.1 Å². The number of rotatable bonds is 7. The van der Waals surface area contributed by atoms with Crippen LogP contribution in [-0.2, 0) is 0 Å². The predicted molar refractivity (Wildman–Crippen MR) is 122 cm³/mol. The number of halogens is 1. The fourth-order valence-electron chi connectivity index (χ4n) is 4.62. The Balaban J connectivity index is 1.43. The van der Waals surface area contributed by atoms with Crippen LogP contribution in [0.25, 0.3) is 16.9 Å². The predicted octanol–water partition coefficient (Wildman–Crippen LogP) is 2.75. The number of fused-ring (bicyclic) bond motifs is 1. The van der Waals surface area contributed by atoms with E-state index in [0.29, 0.717) is 35.8 Å². The average molecular weight is 440 g/mol. The van der Waals surface area contributed by atoms with Crippen molar-refractivity contribution in [2.24, 2.45) is 5.73 Å². The van der Waals surface area contributed by atoms with E-state index < -0.39 is 5.82 Å². The molecule has 1 atom stereocenters. The molecule has 2 aromatic heterocycles. The third kappa shape index (κ3) is 4.54. The molecule has 9 heteroatoms. The number of likely N-dealkylation sites (tertiary alicyclic amines) is 1. The number of hydrogen-bond acceptors (Lipinski definition) is 7. The van der Waals surface area contributed by atoms with Gasteiger partial charge in [0, 0.05) is 49.5 Å². The van der Waals surface area contributed by atoms with E-state index in [1.54, 1.807) is 23.1 Å². The van der Waals surface area contributed by atoms with E-state index in [1.165, 1.54) is 18.9 Å². The number of nitrogens with zero attached hydrogens (tertiary/aromatic N) is 6. The zero-order valence-corrected chi connectivity index (χ0v) is 18.3. The van der Waals surface area contributed by atoms with Gasteiger partial charge in [0.05, 0.1) is 12.1 Å². The highest BCUT2D eigenvalue weighted by atomic mass is 19.1. The van der Waals surface area contributed by atoms with Crippen LogP contribution in [0.1, 0.15) is 32.1 Å². The number of ether oxygens (including phenoxy) is 1. The Bertz CT molecular complexity index is 1050. The summed E-state index contributed by atoms with van der Waals surface area (Å²) in [5, 5.41) is 4.94. The summed E-state index contributed by atoms with van der Waals surface area (Å²) in [5.74, 6) is 0.973. The second-order valence-corrected chi connectivity index (χ2v) is 8.70. The van der Waals surface area contributed by atoms with E-state index in [4.69, 9.17) is 15.5 Å². The molecule has 170 valence electrons. The second kappa shape index (κ2) is 9.38. The fourth-order valence-corrected chi connectivity index (χ4v) is 4.62. The van der Waals surface area contributed by atoms with Gasteiger partial charge in [0.15, 0.2) is 11.6 Å². The van der Waals surface area contributed by atoms with E-state index in [1.807, 2.05) is 6.07 Å². The van der Waals surface area contributed by atoms with E-state index in [-0.39, 0.29) is 11.8 Å². The van der Waals surface area contributed by atoms with Crippen LogP contribution < -0.4 is 15.4 Å². The highest BCUT2D eigenvalue weighted by Gasteiger charge is 2.23.